The number of nitrogens with zero attached hydrogens (tertiary/aromatic N) is 2. The zero-order chi connectivity index (χ0) is 17.5. The Morgan fingerprint density at radius 1 is 1.29 bits per heavy atom. The number of amides is 1. The first kappa shape index (κ1) is 18.0. The molecule has 1 heterocycles. The van der Waals surface area contributed by atoms with Crippen LogP contribution in [-0.2, 0) is 17.8 Å². The fraction of sp³-hybridized carbons (Fsp3) is 0.474. The molecule has 1 aromatic carbocycles. The Kier molecular flexibility index (Phi) is 6.41. The normalized spacial score (nSPS) is 12.0. The van der Waals surface area contributed by atoms with Gasteiger partial charge in [0.05, 0.1) is 12.8 Å². The van der Waals surface area contributed by atoms with Crippen LogP contribution in [0.4, 0.5) is 0 Å². The lowest BCUT2D eigenvalue weighted by atomic mass is 10.1. The molecule has 0 bridgehead atoms. The van der Waals surface area contributed by atoms with Crippen molar-refractivity contribution >= 4 is 5.91 Å². The van der Waals surface area contributed by atoms with Gasteiger partial charge in [0.25, 0.3) is 0 Å². The van der Waals surface area contributed by atoms with Crippen molar-refractivity contribution in [1.29, 1.82) is 0 Å². The van der Waals surface area contributed by atoms with E-state index in [-0.39, 0.29) is 5.91 Å². The maximum absolute atomic E-state index is 12.0. The van der Waals surface area contributed by atoms with Gasteiger partial charge in [-0.05, 0) is 49.9 Å². The van der Waals surface area contributed by atoms with E-state index in [0.29, 0.717) is 18.9 Å². The summed E-state index contributed by atoms with van der Waals surface area (Å²) in [6, 6.07) is 9.91. The summed E-state index contributed by atoms with van der Waals surface area (Å²) in [4.78, 5) is 12.0. The van der Waals surface area contributed by atoms with Gasteiger partial charge in [0.1, 0.15) is 5.75 Å². The summed E-state index contributed by atoms with van der Waals surface area (Å²) in [5.74, 6) is 1.26. The number of methoxy groups -OCH3 is 1. The average Bonchev–Trinajstić information content (AvgIpc) is 2.88. The molecule has 1 amide bonds. The number of benzene rings is 1. The molecule has 1 aromatic heterocycles. The predicted molar refractivity (Wildman–Crippen MR) is 95.2 cm³/mol. The summed E-state index contributed by atoms with van der Waals surface area (Å²) in [6.45, 7) is 7.66. The van der Waals surface area contributed by atoms with Crippen LogP contribution in [0.5, 0.6) is 5.75 Å². The highest BCUT2D eigenvalue weighted by atomic mass is 16.5. The van der Waals surface area contributed by atoms with Gasteiger partial charge in [-0.1, -0.05) is 19.1 Å². The number of aryl methyl sites for hydroxylation is 3. The largest absolute Gasteiger partial charge is 0.497 e. The highest BCUT2D eigenvalue weighted by Gasteiger charge is 2.09. The van der Waals surface area contributed by atoms with E-state index in [0.717, 1.165) is 35.7 Å². The van der Waals surface area contributed by atoms with Crippen LogP contribution >= 0.6 is 0 Å². The van der Waals surface area contributed by atoms with Crippen LogP contribution in [0.3, 0.4) is 0 Å². The third-order valence-corrected chi connectivity index (χ3v) is 4.04. The fourth-order valence-corrected chi connectivity index (χ4v) is 2.65. The molecular formula is C19H27N3O2. The summed E-state index contributed by atoms with van der Waals surface area (Å²) >= 11 is 0. The van der Waals surface area contributed by atoms with Gasteiger partial charge < -0.3 is 10.1 Å². The van der Waals surface area contributed by atoms with Crippen LogP contribution in [0.15, 0.2) is 30.3 Å². The second kappa shape index (κ2) is 8.52. The number of nitrogens with one attached hydrogen (secondary N) is 1. The summed E-state index contributed by atoms with van der Waals surface area (Å²) in [5, 5.41) is 7.48. The first-order valence-electron chi connectivity index (χ1n) is 8.38. The molecule has 2 aromatic rings. The standard InChI is InChI=1S/C19H27N3O2/c1-14(13-22-16(3)11-15(2)21-22)12-20-19(23)10-7-17-5-8-18(24-4)9-6-17/h5-6,8-9,11,14H,7,10,12-13H2,1-4H3,(H,20,23). The molecule has 0 fully saturated rings. The minimum Gasteiger partial charge on any atom is -0.497 e. The number of carbonyl (C=O) groups is 1. The molecule has 0 spiro atoms. The smallest absolute Gasteiger partial charge is 0.220 e. The fourth-order valence-electron chi connectivity index (χ4n) is 2.65. The van der Waals surface area contributed by atoms with Gasteiger partial charge in [0.15, 0.2) is 0 Å². The first-order valence-corrected chi connectivity index (χ1v) is 8.38. The number of rotatable bonds is 8. The Morgan fingerprint density at radius 3 is 2.58 bits per heavy atom. The van der Waals surface area contributed by atoms with Gasteiger partial charge >= 0.3 is 0 Å². The lowest BCUT2D eigenvalue weighted by molar-refractivity contribution is -0.121. The first-order chi connectivity index (χ1) is 11.5. The van der Waals surface area contributed by atoms with Crippen LogP contribution in [0.1, 0.15) is 30.3 Å². The zero-order valence-corrected chi connectivity index (χ0v) is 15.0. The van der Waals surface area contributed by atoms with E-state index < -0.39 is 0 Å². The van der Waals surface area contributed by atoms with E-state index in [1.165, 1.54) is 0 Å². The zero-order valence-electron chi connectivity index (χ0n) is 15.0. The molecule has 0 radical (unpaired) electrons. The Hall–Kier alpha value is -2.30. The van der Waals surface area contributed by atoms with E-state index in [1.54, 1.807) is 7.11 Å². The van der Waals surface area contributed by atoms with Crippen molar-refractivity contribution in [3.8, 4) is 5.75 Å². The van der Waals surface area contributed by atoms with E-state index in [4.69, 9.17) is 4.74 Å². The summed E-state index contributed by atoms with van der Waals surface area (Å²) in [5.41, 5.74) is 3.33. The van der Waals surface area contributed by atoms with Crippen LogP contribution in [0.2, 0.25) is 0 Å². The van der Waals surface area contributed by atoms with Crippen molar-refractivity contribution in [3.63, 3.8) is 0 Å². The van der Waals surface area contributed by atoms with Crippen molar-refractivity contribution in [2.75, 3.05) is 13.7 Å². The number of ether oxygens (including phenoxy) is 1. The molecule has 2 rings (SSSR count). The molecule has 0 aliphatic rings. The molecule has 0 aliphatic heterocycles. The Labute approximate surface area is 144 Å². The second-order valence-electron chi connectivity index (χ2n) is 6.37. The van der Waals surface area contributed by atoms with Gasteiger partial charge in [-0.3, -0.25) is 9.48 Å². The van der Waals surface area contributed by atoms with Crippen molar-refractivity contribution in [1.82, 2.24) is 15.1 Å². The van der Waals surface area contributed by atoms with E-state index in [9.17, 15) is 4.79 Å². The lowest BCUT2D eigenvalue weighted by Gasteiger charge is -2.14. The highest BCUT2D eigenvalue weighted by molar-refractivity contribution is 5.76. The van der Waals surface area contributed by atoms with E-state index >= 15 is 0 Å². The SMILES string of the molecule is COc1ccc(CCC(=O)NCC(C)Cn2nc(C)cc2C)cc1. The van der Waals surface area contributed by atoms with Gasteiger partial charge in [0.2, 0.25) is 5.91 Å². The third-order valence-electron chi connectivity index (χ3n) is 4.04. The average molecular weight is 329 g/mol. The Balaban J connectivity index is 1.71. The summed E-state index contributed by atoms with van der Waals surface area (Å²) in [6.07, 6.45) is 1.24. The predicted octanol–water partition coefficient (Wildman–Crippen LogP) is 2.89. The molecule has 1 unspecified atom stereocenters. The van der Waals surface area contributed by atoms with Crippen molar-refractivity contribution in [3.05, 3.63) is 47.3 Å². The molecule has 24 heavy (non-hydrogen) atoms. The van der Waals surface area contributed by atoms with Gasteiger partial charge in [-0.25, -0.2) is 0 Å². The van der Waals surface area contributed by atoms with Crippen molar-refractivity contribution in [2.24, 2.45) is 5.92 Å². The molecule has 130 valence electrons. The Morgan fingerprint density at radius 2 is 2.00 bits per heavy atom. The molecule has 1 N–H and O–H groups in total. The lowest BCUT2D eigenvalue weighted by Crippen LogP contribution is -2.30. The molecular weight excluding hydrogens is 302 g/mol. The van der Waals surface area contributed by atoms with Crippen molar-refractivity contribution in [2.45, 2.75) is 40.2 Å². The minimum absolute atomic E-state index is 0.0889. The molecule has 1 atom stereocenters. The van der Waals surface area contributed by atoms with Crippen LogP contribution in [0, 0.1) is 19.8 Å². The van der Waals surface area contributed by atoms with E-state index in [1.807, 2.05) is 35.9 Å². The van der Waals surface area contributed by atoms with Gasteiger partial charge in [-0.2, -0.15) is 5.10 Å². The van der Waals surface area contributed by atoms with E-state index in [2.05, 4.69) is 30.3 Å². The molecule has 0 saturated heterocycles. The number of hydrogen-bond donors (Lipinski definition) is 1. The van der Waals surface area contributed by atoms with Gasteiger partial charge in [0, 0.05) is 25.2 Å². The number of aromatic nitrogens is 2. The molecule has 5 heteroatoms. The van der Waals surface area contributed by atoms with Crippen molar-refractivity contribution < 1.29 is 9.53 Å². The number of carbonyl (C=O) groups excluding carboxylic acids is 1. The molecule has 0 aliphatic carbocycles. The van der Waals surface area contributed by atoms with Gasteiger partial charge in [-0.15, -0.1) is 0 Å². The van der Waals surface area contributed by atoms with Crippen LogP contribution < -0.4 is 10.1 Å². The quantitative estimate of drug-likeness (QED) is 0.810. The van der Waals surface area contributed by atoms with Crippen LogP contribution in [0.25, 0.3) is 0 Å². The second-order valence-corrected chi connectivity index (χ2v) is 6.37. The maximum atomic E-state index is 12.0. The monoisotopic (exact) mass is 329 g/mol. The topological polar surface area (TPSA) is 56.1 Å². The summed E-state index contributed by atoms with van der Waals surface area (Å²) < 4.78 is 7.14. The molecule has 0 saturated carbocycles. The Bertz CT molecular complexity index is 662. The minimum atomic E-state index is 0.0889. The molecule has 5 nitrogen and oxygen atoms in total. The third kappa shape index (κ3) is 5.41. The highest BCUT2D eigenvalue weighted by Crippen LogP contribution is 2.12. The summed E-state index contributed by atoms with van der Waals surface area (Å²) in [7, 11) is 1.65. The number of hydrogen-bond acceptors (Lipinski definition) is 3. The van der Waals surface area contributed by atoms with Crippen LogP contribution in [-0.4, -0.2) is 29.3 Å². The maximum Gasteiger partial charge on any atom is 0.220 e.